The maximum absolute atomic E-state index is 12.1. The van der Waals surface area contributed by atoms with Gasteiger partial charge in [0.25, 0.3) is 0 Å². The average molecular weight is 542 g/mol. The smallest absolute Gasteiger partial charge is 0.222 e. The van der Waals surface area contributed by atoms with Crippen LogP contribution in [0.5, 0.6) is 0 Å². The first-order valence-corrected chi connectivity index (χ1v) is 11.7. The summed E-state index contributed by atoms with van der Waals surface area (Å²) in [5.74, 6) is 1.32. The van der Waals surface area contributed by atoms with Gasteiger partial charge in [0, 0.05) is 64.8 Å². The molecule has 0 aromatic heterocycles. The third-order valence-corrected chi connectivity index (χ3v) is 6.62. The predicted octanol–water partition coefficient (Wildman–Crippen LogP) is 3.74. The predicted molar refractivity (Wildman–Crippen MR) is 139 cm³/mol. The highest BCUT2D eigenvalue weighted by atomic mass is 127. The summed E-state index contributed by atoms with van der Waals surface area (Å²) in [5.41, 5.74) is 1.41. The molecular weight excluding hydrogens is 501 g/mol. The zero-order valence-electron chi connectivity index (χ0n) is 19.4. The fourth-order valence-electron chi connectivity index (χ4n) is 4.94. The zero-order valence-corrected chi connectivity index (χ0v) is 21.8. The molecule has 2 atom stereocenters. The molecule has 2 aliphatic heterocycles. The van der Waals surface area contributed by atoms with Gasteiger partial charge in [-0.1, -0.05) is 44.2 Å². The number of nitrogens with zero attached hydrogens (tertiary/aromatic N) is 4. The van der Waals surface area contributed by atoms with E-state index in [0.717, 1.165) is 77.3 Å². The van der Waals surface area contributed by atoms with Crippen molar-refractivity contribution in [1.82, 2.24) is 20.0 Å². The highest BCUT2D eigenvalue weighted by molar-refractivity contribution is 14.0. The molecule has 2 unspecified atom stereocenters. The number of guanidine groups is 1. The summed E-state index contributed by atoms with van der Waals surface area (Å²) in [7, 11) is 1.87. The van der Waals surface area contributed by atoms with Crippen LogP contribution in [0, 0.1) is 0 Å². The lowest BCUT2D eigenvalue weighted by molar-refractivity contribution is -0.129. The zero-order chi connectivity index (χ0) is 21.3. The third kappa shape index (κ3) is 6.81. The molecule has 0 radical (unpaired) electrons. The normalized spacial score (nSPS) is 19.8. The van der Waals surface area contributed by atoms with E-state index in [9.17, 15) is 4.79 Å². The monoisotopic (exact) mass is 541 g/mol. The van der Waals surface area contributed by atoms with Gasteiger partial charge in [0.1, 0.15) is 0 Å². The lowest BCUT2D eigenvalue weighted by atomic mass is 10.0. The molecule has 3 rings (SSSR count). The van der Waals surface area contributed by atoms with Crippen LogP contribution in [0.4, 0.5) is 0 Å². The quantitative estimate of drug-likeness (QED) is 0.310. The number of hydrogen-bond donors (Lipinski definition) is 1. The molecule has 0 spiro atoms. The van der Waals surface area contributed by atoms with Gasteiger partial charge in [-0.25, -0.2) is 0 Å². The highest BCUT2D eigenvalue weighted by Crippen LogP contribution is 2.25. The summed E-state index contributed by atoms with van der Waals surface area (Å²) < 4.78 is 0. The van der Waals surface area contributed by atoms with Crippen LogP contribution in [0.15, 0.2) is 35.3 Å². The van der Waals surface area contributed by atoms with Crippen molar-refractivity contribution in [2.45, 2.75) is 58.0 Å². The second-order valence-corrected chi connectivity index (χ2v) is 8.37. The number of aliphatic imine (C=N–C) groups is 1. The van der Waals surface area contributed by atoms with Crippen LogP contribution in [0.3, 0.4) is 0 Å². The molecular formula is C24H40IN5O. The standard InChI is InChI=1S/C24H39N5O.HI/c1-4-21(29-15-9-12-23(29)30)13-14-26-24(25-3)28-18-16-27(17-19-28)22(5-2)20-10-7-6-8-11-20;/h6-8,10-11,21-22H,4-5,9,12-19H2,1-3H3,(H,25,26);1H. The van der Waals surface area contributed by atoms with Crippen LogP contribution >= 0.6 is 24.0 Å². The van der Waals surface area contributed by atoms with Crippen molar-refractivity contribution >= 4 is 35.8 Å². The van der Waals surface area contributed by atoms with Crippen molar-refractivity contribution in [2.75, 3.05) is 46.3 Å². The van der Waals surface area contributed by atoms with E-state index < -0.39 is 0 Å². The van der Waals surface area contributed by atoms with Gasteiger partial charge in [0.2, 0.25) is 5.91 Å². The molecule has 2 aliphatic rings. The maximum atomic E-state index is 12.1. The summed E-state index contributed by atoms with van der Waals surface area (Å²) in [6, 6.07) is 11.7. The number of halogens is 1. The van der Waals surface area contributed by atoms with Gasteiger partial charge in [-0.2, -0.15) is 0 Å². The molecule has 2 heterocycles. The summed E-state index contributed by atoms with van der Waals surface area (Å²) in [6.45, 7) is 10.3. The van der Waals surface area contributed by atoms with Crippen LogP contribution in [0.1, 0.15) is 57.6 Å². The number of carbonyl (C=O) groups is 1. The molecule has 7 heteroatoms. The highest BCUT2D eigenvalue weighted by Gasteiger charge is 2.27. The molecule has 0 bridgehead atoms. The topological polar surface area (TPSA) is 51.2 Å². The van der Waals surface area contributed by atoms with Crippen molar-refractivity contribution in [2.24, 2.45) is 4.99 Å². The van der Waals surface area contributed by atoms with E-state index >= 15 is 0 Å². The van der Waals surface area contributed by atoms with Crippen molar-refractivity contribution in [1.29, 1.82) is 0 Å². The number of rotatable bonds is 8. The van der Waals surface area contributed by atoms with Crippen LogP contribution < -0.4 is 5.32 Å². The van der Waals surface area contributed by atoms with Gasteiger partial charge in [-0.15, -0.1) is 24.0 Å². The Morgan fingerprint density at radius 1 is 1.06 bits per heavy atom. The summed E-state index contributed by atoms with van der Waals surface area (Å²) >= 11 is 0. The van der Waals surface area contributed by atoms with Crippen molar-refractivity contribution in [3.63, 3.8) is 0 Å². The number of likely N-dealkylation sites (tertiary alicyclic amines) is 1. The minimum absolute atomic E-state index is 0. The van der Waals surface area contributed by atoms with Crippen LogP contribution in [-0.2, 0) is 4.79 Å². The fourth-order valence-corrected chi connectivity index (χ4v) is 4.94. The molecule has 1 aromatic rings. The largest absolute Gasteiger partial charge is 0.356 e. The van der Waals surface area contributed by atoms with Crippen molar-refractivity contribution < 1.29 is 4.79 Å². The van der Waals surface area contributed by atoms with Crippen LogP contribution in [0.2, 0.25) is 0 Å². The molecule has 31 heavy (non-hydrogen) atoms. The SMILES string of the molecule is CCC(c1ccccc1)N1CCN(C(=NC)NCCC(CC)N2CCCC2=O)CC1.I. The second-order valence-electron chi connectivity index (χ2n) is 8.37. The van der Waals surface area contributed by atoms with E-state index in [4.69, 9.17) is 0 Å². The number of nitrogens with one attached hydrogen (secondary N) is 1. The molecule has 2 fully saturated rings. The number of amides is 1. The van der Waals surface area contributed by atoms with E-state index in [0.29, 0.717) is 18.0 Å². The Hall–Kier alpha value is -1.35. The van der Waals surface area contributed by atoms with Crippen molar-refractivity contribution in [3.05, 3.63) is 35.9 Å². The molecule has 1 aromatic carbocycles. The van der Waals surface area contributed by atoms with E-state index in [2.05, 4.69) is 69.2 Å². The van der Waals surface area contributed by atoms with E-state index in [1.807, 2.05) is 7.05 Å². The first-order chi connectivity index (χ1) is 14.7. The lowest BCUT2D eigenvalue weighted by Gasteiger charge is -2.40. The minimum Gasteiger partial charge on any atom is -0.356 e. The Labute approximate surface area is 205 Å². The Morgan fingerprint density at radius 3 is 2.32 bits per heavy atom. The molecule has 1 N–H and O–H groups in total. The third-order valence-electron chi connectivity index (χ3n) is 6.62. The van der Waals surface area contributed by atoms with Crippen molar-refractivity contribution in [3.8, 4) is 0 Å². The molecule has 0 saturated carbocycles. The number of carbonyl (C=O) groups excluding carboxylic acids is 1. The average Bonchev–Trinajstić information content (AvgIpc) is 3.21. The first kappa shape index (κ1) is 25.9. The van der Waals surface area contributed by atoms with Gasteiger partial charge in [-0.05, 0) is 31.2 Å². The lowest BCUT2D eigenvalue weighted by Crippen LogP contribution is -2.53. The van der Waals surface area contributed by atoms with E-state index in [1.54, 1.807) is 0 Å². The Kier molecular flexibility index (Phi) is 11.1. The van der Waals surface area contributed by atoms with Crippen LogP contribution in [0.25, 0.3) is 0 Å². The molecule has 174 valence electrons. The Bertz CT molecular complexity index is 690. The summed E-state index contributed by atoms with van der Waals surface area (Å²) in [5, 5.41) is 3.55. The van der Waals surface area contributed by atoms with Gasteiger partial charge in [0.05, 0.1) is 0 Å². The molecule has 6 nitrogen and oxygen atoms in total. The summed E-state index contributed by atoms with van der Waals surface area (Å²) in [4.78, 5) is 23.6. The maximum Gasteiger partial charge on any atom is 0.222 e. The van der Waals surface area contributed by atoms with Crippen LogP contribution in [-0.4, -0.2) is 78.9 Å². The number of piperazine rings is 1. The van der Waals surface area contributed by atoms with Gasteiger partial charge < -0.3 is 15.1 Å². The number of benzene rings is 1. The Balaban J connectivity index is 0.00000341. The minimum atomic E-state index is 0. The first-order valence-electron chi connectivity index (χ1n) is 11.7. The van der Waals surface area contributed by atoms with E-state index in [-0.39, 0.29) is 24.0 Å². The van der Waals surface area contributed by atoms with Gasteiger partial charge in [-0.3, -0.25) is 14.7 Å². The fraction of sp³-hybridized carbons (Fsp3) is 0.667. The Morgan fingerprint density at radius 2 is 1.77 bits per heavy atom. The second kappa shape index (κ2) is 13.3. The molecule has 0 aliphatic carbocycles. The van der Waals surface area contributed by atoms with Gasteiger partial charge >= 0.3 is 0 Å². The van der Waals surface area contributed by atoms with E-state index in [1.165, 1.54) is 5.56 Å². The van der Waals surface area contributed by atoms with Gasteiger partial charge in [0.15, 0.2) is 5.96 Å². The molecule has 2 saturated heterocycles. The number of hydrogen-bond acceptors (Lipinski definition) is 3. The summed E-state index contributed by atoms with van der Waals surface area (Å²) in [6.07, 6.45) is 4.86. The molecule has 1 amide bonds.